The normalized spacial score (nSPS) is 18.0. The van der Waals surface area contributed by atoms with Crippen LogP contribution in [0.15, 0.2) is 18.5 Å². The molecule has 0 amide bonds. The van der Waals surface area contributed by atoms with E-state index < -0.39 is 0 Å². The van der Waals surface area contributed by atoms with E-state index in [1.165, 1.54) is 0 Å². The molecular formula is C15H19N7O2. The maximum Gasteiger partial charge on any atom is 0.210 e. The van der Waals surface area contributed by atoms with Crippen molar-refractivity contribution in [2.24, 2.45) is 5.92 Å². The number of aromatic amines is 1. The maximum atomic E-state index is 5.55. The van der Waals surface area contributed by atoms with Crippen molar-refractivity contribution < 1.29 is 9.47 Å². The first-order chi connectivity index (χ1) is 11.8. The van der Waals surface area contributed by atoms with E-state index in [0.717, 1.165) is 43.8 Å². The van der Waals surface area contributed by atoms with E-state index >= 15 is 0 Å². The molecule has 1 atom stereocenters. The van der Waals surface area contributed by atoms with Crippen LogP contribution in [0, 0.1) is 5.92 Å². The quantitative estimate of drug-likeness (QED) is 0.734. The molecule has 0 aromatic carbocycles. The summed E-state index contributed by atoms with van der Waals surface area (Å²) in [4.78, 5) is 9.03. The molecule has 126 valence electrons. The van der Waals surface area contributed by atoms with E-state index in [2.05, 4.69) is 30.6 Å². The van der Waals surface area contributed by atoms with E-state index in [0.29, 0.717) is 23.4 Å². The van der Waals surface area contributed by atoms with Crippen molar-refractivity contribution in [2.45, 2.75) is 19.4 Å². The van der Waals surface area contributed by atoms with Crippen LogP contribution < -0.4 is 10.1 Å². The van der Waals surface area contributed by atoms with Gasteiger partial charge in [0.15, 0.2) is 17.3 Å². The first-order valence-corrected chi connectivity index (χ1v) is 7.94. The molecule has 0 radical (unpaired) electrons. The largest absolute Gasteiger partial charge is 0.481 e. The molecule has 2 N–H and O–H groups in total. The number of hydrogen-bond acceptors (Lipinski definition) is 7. The zero-order valence-corrected chi connectivity index (χ0v) is 13.4. The van der Waals surface area contributed by atoms with Crippen LogP contribution in [0.25, 0.3) is 11.2 Å². The molecule has 9 heteroatoms. The third kappa shape index (κ3) is 3.02. The van der Waals surface area contributed by atoms with Crippen molar-refractivity contribution in [1.29, 1.82) is 0 Å². The lowest BCUT2D eigenvalue weighted by Crippen LogP contribution is -2.22. The Hall–Kier alpha value is -2.68. The first-order valence-electron chi connectivity index (χ1n) is 7.94. The Morgan fingerprint density at radius 3 is 3.17 bits per heavy atom. The van der Waals surface area contributed by atoms with Crippen LogP contribution in [0.4, 0.5) is 11.6 Å². The van der Waals surface area contributed by atoms with Crippen LogP contribution in [0.5, 0.6) is 5.88 Å². The van der Waals surface area contributed by atoms with Gasteiger partial charge in [0.1, 0.15) is 5.52 Å². The number of fused-ring (bicyclic) bond motifs is 1. The number of rotatable bonds is 5. The Morgan fingerprint density at radius 1 is 1.42 bits per heavy atom. The summed E-state index contributed by atoms with van der Waals surface area (Å²) < 4.78 is 12.5. The van der Waals surface area contributed by atoms with Gasteiger partial charge in [0.25, 0.3) is 0 Å². The highest BCUT2D eigenvalue weighted by atomic mass is 16.5. The lowest BCUT2D eigenvalue weighted by atomic mass is 10.0. The van der Waals surface area contributed by atoms with E-state index in [1.54, 1.807) is 25.6 Å². The van der Waals surface area contributed by atoms with Crippen molar-refractivity contribution >= 4 is 22.8 Å². The molecule has 0 bridgehead atoms. The van der Waals surface area contributed by atoms with Gasteiger partial charge in [-0.15, -0.1) is 0 Å². The number of ether oxygens (including phenoxy) is 2. The standard InChI is InChI=1S/C15H19N7O2/c1-23-14-5-12(20-21-14)18-13-7-16-11-6-17-22(15(11)19-13)8-10-3-2-4-24-9-10/h5-7,10H,2-4,8-9H2,1H3,(H2,18,19,20,21)/t10-/m0/s1. The number of H-pyrrole nitrogens is 1. The highest BCUT2D eigenvalue weighted by Gasteiger charge is 2.17. The fourth-order valence-corrected chi connectivity index (χ4v) is 2.84. The number of nitrogens with zero attached hydrogens (tertiary/aromatic N) is 5. The van der Waals surface area contributed by atoms with Gasteiger partial charge in [-0.2, -0.15) is 10.2 Å². The average molecular weight is 329 g/mol. The van der Waals surface area contributed by atoms with Gasteiger partial charge in [-0.1, -0.05) is 0 Å². The number of aromatic nitrogens is 6. The van der Waals surface area contributed by atoms with Crippen molar-refractivity contribution in [3.05, 3.63) is 18.5 Å². The van der Waals surface area contributed by atoms with Gasteiger partial charge in [0, 0.05) is 25.1 Å². The summed E-state index contributed by atoms with van der Waals surface area (Å²) in [6, 6.07) is 1.75. The molecule has 0 aliphatic carbocycles. The Kier molecular flexibility index (Phi) is 3.99. The summed E-state index contributed by atoms with van der Waals surface area (Å²) in [5, 5.41) is 14.4. The van der Waals surface area contributed by atoms with Gasteiger partial charge in [-0.25, -0.2) is 19.7 Å². The monoisotopic (exact) mass is 329 g/mol. The predicted molar refractivity (Wildman–Crippen MR) is 87.3 cm³/mol. The Morgan fingerprint density at radius 2 is 2.38 bits per heavy atom. The molecule has 0 saturated carbocycles. The Labute approximate surface area is 138 Å². The van der Waals surface area contributed by atoms with Crippen LogP contribution in [0.2, 0.25) is 0 Å². The third-order valence-electron chi connectivity index (χ3n) is 4.06. The van der Waals surface area contributed by atoms with Gasteiger partial charge >= 0.3 is 0 Å². The Bertz CT molecular complexity index is 822. The minimum atomic E-state index is 0.468. The molecule has 3 aromatic heterocycles. The first kappa shape index (κ1) is 14.9. The summed E-state index contributed by atoms with van der Waals surface area (Å²) in [5.74, 6) is 2.27. The van der Waals surface area contributed by atoms with Crippen molar-refractivity contribution in [3.63, 3.8) is 0 Å². The highest BCUT2D eigenvalue weighted by molar-refractivity contribution is 5.71. The van der Waals surface area contributed by atoms with Gasteiger partial charge in [-0.05, 0) is 12.8 Å². The molecule has 24 heavy (non-hydrogen) atoms. The number of nitrogens with one attached hydrogen (secondary N) is 2. The molecule has 9 nitrogen and oxygen atoms in total. The molecule has 1 aliphatic heterocycles. The molecule has 4 rings (SSSR count). The van der Waals surface area contributed by atoms with E-state index in [1.807, 2.05) is 4.68 Å². The summed E-state index contributed by atoms with van der Waals surface area (Å²) >= 11 is 0. The van der Waals surface area contributed by atoms with Crippen molar-refractivity contribution in [3.8, 4) is 5.88 Å². The molecule has 1 saturated heterocycles. The molecule has 1 aliphatic rings. The van der Waals surface area contributed by atoms with Crippen LogP contribution in [0.3, 0.4) is 0 Å². The third-order valence-corrected chi connectivity index (χ3v) is 4.06. The van der Waals surface area contributed by atoms with Gasteiger partial charge in [0.2, 0.25) is 5.88 Å². The smallest absolute Gasteiger partial charge is 0.210 e. The topological polar surface area (TPSA) is 103 Å². The summed E-state index contributed by atoms with van der Waals surface area (Å²) in [5.41, 5.74) is 1.53. The van der Waals surface area contributed by atoms with Crippen molar-refractivity contribution in [1.82, 2.24) is 29.9 Å². The van der Waals surface area contributed by atoms with Crippen LogP contribution in [0.1, 0.15) is 12.8 Å². The minimum Gasteiger partial charge on any atom is -0.481 e. The van der Waals surface area contributed by atoms with E-state index in [-0.39, 0.29) is 0 Å². The highest BCUT2D eigenvalue weighted by Crippen LogP contribution is 2.20. The second-order valence-electron chi connectivity index (χ2n) is 5.82. The molecule has 0 spiro atoms. The number of methoxy groups -OCH3 is 1. The molecule has 3 aromatic rings. The molecular weight excluding hydrogens is 310 g/mol. The van der Waals surface area contributed by atoms with Gasteiger partial charge < -0.3 is 14.8 Å². The second kappa shape index (κ2) is 6.44. The average Bonchev–Trinajstić information content (AvgIpc) is 3.23. The number of hydrogen-bond donors (Lipinski definition) is 2. The summed E-state index contributed by atoms with van der Waals surface area (Å²) in [6.45, 7) is 2.43. The van der Waals surface area contributed by atoms with Crippen LogP contribution in [-0.4, -0.2) is 50.3 Å². The lowest BCUT2D eigenvalue weighted by molar-refractivity contribution is 0.0474. The van der Waals surface area contributed by atoms with Gasteiger partial charge in [0.05, 0.1) is 26.1 Å². The lowest BCUT2D eigenvalue weighted by Gasteiger charge is -2.21. The summed E-state index contributed by atoms with van der Waals surface area (Å²) in [7, 11) is 1.58. The summed E-state index contributed by atoms with van der Waals surface area (Å²) in [6.07, 6.45) is 5.66. The van der Waals surface area contributed by atoms with E-state index in [9.17, 15) is 0 Å². The van der Waals surface area contributed by atoms with Crippen LogP contribution in [-0.2, 0) is 11.3 Å². The fraction of sp³-hybridized carbons (Fsp3) is 0.467. The number of anilines is 2. The zero-order valence-electron chi connectivity index (χ0n) is 13.4. The molecule has 0 unspecified atom stereocenters. The van der Waals surface area contributed by atoms with Crippen molar-refractivity contribution in [2.75, 3.05) is 25.6 Å². The molecule has 1 fully saturated rings. The fourth-order valence-electron chi connectivity index (χ4n) is 2.84. The Balaban J connectivity index is 1.55. The minimum absolute atomic E-state index is 0.468. The van der Waals surface area contributed by atoms with Gasteiger partial charge in [-0.3, -0.25) is 0 Å². The zero-order chi connectivity index (χ0) is 16.4. The maximum absolute atomic E-state index is 5.55. The van der Waals surface area contributed by atoms with Crippen LogP contribution >= 0.6 is 0 Å². The second-order valence-corrected chi connectivity index (χ2v) is 5.82. The molecule has 4 heterocycles. The SMILES string of the molecule is COc1cc(Nc2cnc3cnn(C[C@@H]4CCCOC4)c3n2)n[nH]1. The predicted octanol–water partition coefficient (Wildman–Crippen LogP) is 1.73. The van der Waals surface area contributed by atoms with E-state index in [4.69, 9.17) is 9.47 Å².